The molecule has 6 atom stereocenters. The molecule has 0 bridgehead atoms. The molecule has 3 nitrogen and oxygen atoms in total. The van der Waals surface area contributed by atoms with Gasteiger partial charge in [-0.15, -0.1) is 0 Å². The van der Waals surface area contributed by atoms with Crippen LogP contribution in [0.25, 0.3) is 0 Å². The molecule has 3 fully saturated rings. The Kier molecular flexibility index (Phi) is 7.30. The molecule has 0 radical (unpaired) electrons. The van der Waals surface area contributed by atoms with Crippen molar-refractivity contribution < 1.29 is 15.3 Å². The molecular weight excluding hydrogens is 384 g/mol. The Balaban J connectivity index is 1.72. The van der Waals surface area contributed by atoms with Gasteiger partial charge in [-0.05, 0) is 100 Å². The number of aliphatic hydroxyl groups is 3. The van der Waals surface area contributed by atoms with Gasteiger partial charge in [0.1, 0.15) is 0 Å². The Morgan fingerprint density at radius 1 is 1.23 bits per heavy atom. The number of fused-ring (bicyclic) bond motifs is 1. The van der Waals surface area contributed by atoms with E-state index in [-0.39, 0.29) is 0 Å². The van der Waals surface area contributed by atoms with E-state index < -0.39 is 17.3 Å². The molecular formula is C28H46O3. The van der Waals surface area contributed by atoms with Crippen molar-refractivity contribution in [1.82, 2.24) is 0 Å². The van der Waals surface area contributed by atoms with Gasteiger partial charge >= 0.3 is 0 Å². The average molecular weight is 431 g/mol. The average Bonchev–Trinajstić information content (AvgIpc) is 2.99. The van der Waals surface area contributed by atoms with E-state index in [0.29, 0.717) is 30.1 Å². The van der Waals surface area contributed by atoms with E-state index in [4.69, 9.17) is 0 Å². The van der Waals surface area contributed by atoms with Crippen molar-refractivity contribution in [2.45, 2.75) is 116 Å². The second-order valence-electron chi connectivity index (χ2n) is 12.0. The summed E-state index contributed by atoms with van der Waals surface area (Å²) in [7, 11) is 0. The zero-order chi connectivity index (χ0) is 23.0. The fourth-order valence-electron chi connectivity index (χ4n) is 7.03. The summed E-state index contributed by atoms with van der Waals surface area (Å²) >= 11 is 0. The summed E-state index contributed by atoms with van der Waals surface area (Å²) in [6.07, 6.45) is 14.4. The van der Waals surface area contributed by atoms with Gasteiger partial charge in [0, 0.05) is 6.42 Å². The Morgan fingerprint density at radius 3 is 2.61 bits per heavy atom. The zero-order valence-electron chi connectivity index (χ0n) is 20.6. The smallest absolute Gasteiger partial charge is 0.0890 e. The minimum Gasteiger partial charge on any atom is -0.393 e. The molecule has 3 saturated carbocycles. The number of aliphatic hydroxyl groups excluding tert-OH is 1. The van der Waals surface area contributed by atoms with Crippen LogP contribution in [-0.4, -0.2) is 32.6 Å². The van der Waals surface area contributed by atoms with Crippen LogP contribution in [0.1, 0.15) is 98.8 Å². The molecule has 0 amide bonds. The maximum Gasteiger partial charge on any atom is 0.0890 e. The minimum atomic E-state index is -1.01. The van der Waals surface area contributed by atoms with Crippen LogP contribution in [0.2, 0.25) is 0 Å². The van der Waals surface area contributed by atoms with Gasteiger partial charge in [-0.25, -0.2) is 0 Å². The maximum absolute atomic E-state index is 10.6. The second kappa shape index (κ2) is 9.15. The molecule has 2 unspecified atom stereocenters. The van der Waals surface area contributed by atoms with Crippen LogP contribution >= 0.6 is 0 Å². The van der Waals surface area contributed by atoms with Crippen LogP contribution < -0.4 is 0 Å². The van der Waals surface area contributed by atoms with Crippen molar-refractivity contribution in [3.8, 4) is 0 Å². The van der Waals surface area contributed by atoms with Gasteiger partial charge in [0.05, 0.1) is 17.3 Å². The topological polar surface area (TPSA) is 60.7 Å². The van der Waals surface area contributed by atoms with E-state index in [9.17, 15) is 15.3 Å². The highest BCUT2D eigenvalue weighted by atomic mass is 16.3. The third-order valence-electron chi connectivity index (χ3n) is 8.80. The van der Waals surface area contributed by atoms with Crippen molar-refractivity contribution in [2.24, 2.45) is 23.2 Å². The fraction of sp³-hybridized carbons (Fsp3) is 0.786. The van der Waals surface area contributed by atoms with Crippen molar-refractivity contribution in [1.29, 1.82) is 0 Å². The van der Waals surface area contributed by atoms with Crippen LogP contribution in [0.3, 0.4) is 0 Å². The molecule has 3 heteroatoms. The van der Waals surface area contributed by atoms with Crippen molar-refractivity contribution >= 4 is 0 Å². The first kappa shape index (κ1) is 24.7. The highest BCUT2D eigenvalue weighted by molar-refractivity contribution is 5.41. The first-order valence-electron chi connectivity index (χ1n) is 12.6. The SMILES string of the molecule is C=C1/C(=C\C=C2/CCC[C@@]3(C)C2CCC3[C@@H](C)CCCC(C)(C)O)C[C@@H](O)C[C@@]1(C)O. The van der Waals surface area contributed by atoms with E-state index >= 15 is 0 Å². The summed E-state index contributed by atoms with van der Waals surface area (Å²) in [6.45, 7) is 14.7. The predicted molar refractivity (Wildman–Crippen MR) is 129 cm³/mol. The summed E-state index contributed by atoms with van der Waals surface area (Å²) in [4.78, 5) is 0. The van der Waals surface area contributed by atoms with Crippen LogP contribution in [0.15, 0.2) is 35.5 Å². The van der Waals surface area contributed by atoms with Gasteiger partial charge in [-0.2, -0.15) is 0 Å². The first-order valence-corrected chi connectivity index (χ1v) is 12.6. The van der Waals surface area contributed by atoms with Crippen LogP contribution in [-0.2, 0) is 0 Å². The Labute approximate surface area is 190 Å². The molecule has 3 N–H and O–H groups in total. The van der Waals surface area contributed by atoms with E-state index in [1.54, 1.807) is 12.5 Å². The second-order valence-corrected chi connectivity index (χ2v) is 12.0. The molecule has 0 aromatic carbocycles. The molecule has 0 heterocycles. The number of hydrogen-bond acceptors (Lipinski definition) is 3. The van der Waals surface area contributed by atoms with E-state index in [1.807, 2.05) is 13.8 Å². The Hall–Kier alpha value is -0.900. The molecule has 31 heavy (non-hydrogen) atoms. The Morgan fingerprint density at radius 2 is 1.94 bits per heavy atom. The highest BCUT2D eigenvalue weighted by Gasteiger charge is 2.50. The van der Waals surface area contributed by atoms with Gasteiger partial charge in [0.15, 0.2) is 0 Å². The quantitative estimate of drug-likeness (QED) is 0.477. The summed E-state index contributed by atoms with van der Waals surface area (Å²) in [6, 6.07) is 0. The van der Waals surface area contributed by atoms with Gasteiger partial charge in [-0.3, -0.25) is 0 Å². The van der Waals surface area contributed by atoms with Gasteiger partial charge in [0.25, 0.3) is 0 Å². The normalized spacial score (nSPS) is 40.4. The summed E-state index contributed by atoms with van der Waals surface area (Å²) in [5, 5.41) is 30.8. The summed E-state index contributed by atoms with van der Waals surface area (Å²) in [5.41, 5.74) is 2.11. The minimum absolute atomic E-state index is 0.366. The fourth-order valence-corrected chi connectivity index (χ4v) is 7.03. The molecule has 0 saturated heterocycles. The third kappa shape index (κ3) is 5.54. The first-order chi connectivity index (χ1) is 14.3. The van der Waals surface area contributed by atoms with E-state index in [0.717, 1.165) is 36.3 Å². The lowest BCUT2D eigenvalue weighted by Crippen LogP contribution is -2.37. The van der Waals surface area contributed by atoms with Gasteiger partial charge in [0.2, 0.25) is 0 Å². The van der Waals surface area contributed by atoms with Crippen molar-refractivity contribution in [3.05, 3.63) is 35.5 Å². The lowest BCUT2D eigenvalue weighted by molar-refractivity contribution is 0.0204. The van der Waals surface area contributed by atoms with Crippen LogP contribution in [0.4, 0.5) is 0 Å². The summed E-state index contributed by atoms with van der Waals surface area (Å²) in [5.74, 6) is 2.09. The number of rotatable bonds is 6. The number of allylic oxidation sites excluding steroid dienone is 3. The monoisotopic (exact) mass is 430 g/mol. The molecule has 0 aliphatic heterocycles. The lowest BCUT2D eigenvalue weighted by Gasteiger charge is -2.44. The molecule has 176 valence electrons. The molecule has 3 aliphatic carbocycles. The van der Waals surface area contributed by atoms with E-state index in [1.165, 1.54) is 32.1 Å². The molecule has 0 spiro atoms. The highest BCUT2D eigenvalue weighted by Crippen LogP contribution is 2.60. The summed E-state index contributed by atoms with van der Waals surface area (Å²) < 4.78 is 0. The standard InChI is InChI=1S/C28H46O3/c1-19(9-7-15-26(3,4)30)24-13-14-25-21(10-8-16-27(24,25)5)11-12-22-17-23(29)18-28(6,31)20(22)2/h11-12,19,23-25,29-31H,2,7-10,13-18H2,1,3-6H3/b21-11+,22-12-/t19-,23+,24?,25?,27+,28+/m0/s1. The van der Waals surface area contributed by atoms with Gasteiger partial charge in [-0.1, -0.05) is 51.0 Å². The lowest BCUT2D eigenvalue weighted by atomic mass is 9.60. The van der Waals surface area contributed by atoms with Crippen molar-refractivity contribution in [3.63, 3.8) is 0 Å². The maximum atomic E-state index is 10.6. The number of hydrogen-bond donors (Lipinski definition) is 3. The van der Waals surface area contributed by atoms with Crippen LogP contribution in [0, 0.1) is 23.2 Å². The molecule has 3 aliphatic rings. The van der Waals surface area contributed by atoms with Crippen molar-refractivity contribution in [2.75, 3.05) is 0 Å². The largest absolute Gasteiger partial charge is 0.393 e. The Bertz CT molecular complexity index is 723. The predicted octanol–water partition coefficient (Wildman–Crippen LogP) is 6.09. The molecule has 0 aromatic heterocycles. The molecule has 3 rings (SSSR count). The third-order valence-corrected chi connectivity index (χ3v) is 8.80. The zero-order valence-corrected chi connectivity index (χ0v) is 20.6. The van der Waals surface area contributed by atoms with Crippen LogP contribution in [0.5, 0.6) is 0 Å². The molecule has 0 aromatic rings. The van der Waals surface area contributed by atoms with Gasteiger partial charge < -0.3 is 15.3 Å². The van der Waals surface area contributed by atoms with E-state index in [2.05, 4.69) is 32.6 Å².